The van der Waals surface area contributed by atoms with Crippen molar-refractivity contribution < 1.29 is 4.92 Å². The van der Waals surface area contributed by atoms with Gasteiger partial charge in [-0.15, -0.1) is 0 Å². The van der Waals surface area contributed by atoms with Crippen LogP contribution in [0.25, 0.3) is 0 Å². The lowest BCUT2D eigenvalue weighted by molar-refractivity contribution is -0.385. The Hall–Kier alpha value is -2.95. The number of nitrogens with zero attached hydrogens (tertiary/aromatic N) is 5. The van der Waals surface area contributed by atoms with Gasteiger partial charge in [-0.1, -0.05) is 0 Å². The summed E-state index contributed by atoms with van der Waals surface area (Å²) in [7, 11) is 0. The van der Waals surface area contributed by atoms with E-state index in [1.165, 1.54) is 6.07 Å². The summed E-state index contributed by atoms with van der Waals surface area (Å²) in [6.45, 7) is 2.50. The molecule has 2 heterocycles. The van der Waals surface area contributed by atoms with E-state index >= 15 is 0 Å². The van der Waals surface area contributed by atoms with Crippen LogP contribution >= 0.6 is 0 Å². The standard InChI is InChI=1S/C12H12N6O2/c1-9(8-17-4-2-3-15-17)16-12-10(6-13)5-11(7-14-12)18(19)20/h2-5,7,9H,8H2,1H3,(H,14,16). The summed E-state index contributed by atoms with van der Waals surface area (Å²) in [5.41, 5.74) is -0.0571. The second-order valence-corrected chi connectivity index (χ2v) is 4.23. The van der Waals surface area contributed by atoms with Gasteiger partial charge in [-0.05, 0) is 13.0 Å². The molecule has 102 valence electrons. The minimum Gasteiger partial charge on any atom is -0.365 e. The van der Waals surface area contributed by atoms with E-state index in [-0.39, 0.29) is 17.3 Å². The average molecular weight is 272 g/mol. The maximum atomic E-state index is 10.6. The van der Waals surface area contributed by atoms with Crippen LogP contribution in [0.2, 0.25) is 0 Å². The van der Waals surface area contributed by atoms with E-state index in [1.807, 2.05) is 25.3 Å². The largest absolute Gasteiger partial charge is 0.365 e. The van der Waals surface area contributed by atoms with Gasteiger partial charge in [-0.25, -0.2) is 4.98 Å². The van der Waals surface area contributed by atoms with Crippen molar-refractivity contribution in [3.63, 3.8) is 0 Å². The molecule has 0 amide bonds. The number of pyridine rings is 1. The molecule has 8 heteroatoms. The Labute approximate surface area is 114 Å². The maximum absolute atomic E-state index is 10.6. The van der Waals surface area contributed by atoms with Crippen molar-refractivity contribution in [2.75, 3.05) is 5.32 Å². The number of anilines is 1. The lowest BCUT2D eigenvalue weighted by Crippen LogP contribution is -2.23. The molecule has 0 spiro atoms. The van der Waals surface area contributed by atoms with Gasteiger partial charge in [0.05, 0.1) is 11.5 Å². The monoisotopic (exact) mass is 272 g/mol. The molecule has 0 fully saturated rings. The zero-order chi connectivity index (χ0) is 14.5. The zero-order valence-corrected chi connectivity index (χ0v) is 10.7. The van der Waals surface area contributed by atoms with Crippen LogP contribution in [0.15, 0.2) is 30.7 Å². The summed E-state index contributed by atoms with van der Waals surface area (Å²) in [5, 5.41) is 26.8. The second kappa shape index (κ2) is 5.79. The Morgan fingerprint density at radius 3 is 3.05 bits per heavy atom. The zero-order valence-electron chi connectivity index (χ0n) is 10.7. The van der Waals surface area contributed by atoms with Crippen LogP contribution < -0.4 is 5.32 Å². The van der Waals surface area contributed by atoms with Crippen molar-refractivity contribution in [1.29, 1.82) is 5.26 Å². The van der Waals surface area contributed by atoms with Gasteiger partial charge in [0, 0.05) is 24.5 Å². The maximum Gasteiger partial charge on any atom is 0.289 e. The van der Waals surface area contributed by atoms with Crippen molar-refractivity contribution >= 4 is 11.5 Å². The highest BCUT2D eigenvalue weighted by molar-refractivity contribution is 5.55. The van der Waals surface area contributed by atoms with Crippen molar-refractivity contribution in [2.45, 2.75) is 19.5 Å². The summed E-state index contributed by atoms with van der Waals surface area (Å²) in [5.74, 6) is 0.331. The first-order chi connectivity index (χ1) is 9.60. The van der Waals surface area contributed by atoms with Gasteiger partial charge < -0.3 is 5.32 Å². The van der Waals surface area contributed by atoms with Crippen molar-refractivity contribution in [1.82, 2.24) is 14.8 Å². The van der Waals surface area contributed by atoms with E-state index in [1.54, 1.807) is 10.9 Å². The second-order valence-electron chi connectivity index (χ2n) is 4.23. The molecule has 0 aliphatic carbocycles. The number of hydrogen-bond acceptors (Lipinski definition) is 6. The fraction of sp³-hybridized carbons (Fsp3) is 0.250. The quantitative estimate of drug-likeness (QED) is 0.653. The van der Waals surface area contributed by atoms with Crippen LogP contribution in [-0.2, 0) is 6.54 Å². The Bertz CT molecular complexity index is 646. The first-order valence-corrected chi connectivity index (χ1v) is 5.88. The first-order valence-electron chi connectivity index (χ1n) is 5.88. The van der Waals surface area contributed by atoms with E-state index < -0.39 is 4.92 Å². The first kappa shape index (κ1) is 13.5. The lowest BCUT2D eigenvalue weighted by atomic mass is 10.2. The fourth-order valence-electron chi connectivity index (χ4n) is 1.72. The van der Waals surface area contributed by atoms with Gasteiger partial charge in [0.25, 0.3) is 5.69 Å². The fourth-order valence-corrected chi connectivity index (χ4v) is 1.72. The number of rotatable bonds is 5. The molecule has 20 heavy (non-hydrogen) atoms. The molecule has 1 atom stereocenters. The lowest BCUT2D eigenvalue weighted by Gasteiger charge is -2.15. The number of nitro groups is 1. The van der Waals surface area contributed by atoms with E-state index in [4.69, 9.17) is 5.26 Å². The van der Waals surface area contributed by atoms with Crippen molar-refractivity contribution in [3.05, 3.63) is 46.4 Å². The van der Waals surface area contributed by atoms with Gasteiger partial charge in [0.2, 0.25) is 0 Å². The minimum atomic E-state index is -0.579. The van der Waals surface area contributed by atoms with Gasteiger partial charge in [0.1, 0.15) is 23.6 Å². The van der Waals surface area contributed by atoms with Crippen LogP contribution in [0, 0.1) is 21.4 Å². The number of nitriles is 1. The molecule has 2 rings (SSSR count). The highest BCUT2D eigenvalue weighted by atomic mass is 16.6. The van der Waals surface area contributed by atoms with E-state index in [0.29, 0.717) is 12.4 Å². The minimum absolute atomic E-state index is 0.0315. The number of aromatic nitrogens is 3. The molecule has 0 aliphatic heterocycles. The molecule has 2 aromatic rings. The molecule has 0 aliphatic rings. The normalized spacial score (nSPS) is 11.6. The summed E-state index contributed by atoms with van der Waals surface area (Å²) >= 11 is 0. The molecule has 2 aromatic heterocycles. The van der Waals surface area contributed by atoms with Gasteiger partial charge in [-0.3, -0.25) is 14.8 Å². The van der Waals surface area contributed by atoms with Crippen LogP contribution in [0.1, 0.15) is 12.5 Å². The Kier molecular flexibility index (Phi) is 3.91. The van der Waals surface area contributed by atoms with Crippen LogP contribution in [-0.4, -0.2) is 25.7 Å². The van der Waals surface area contributed by atoms with Crippen LogP contribution in [0.5, 0.6) is 0 Å². The highest BCUT2D eigenvalue weighted by Crippen LogP contribution is 2.18. The molecular formula is C12H12N6O2. The predicted molar refractivity (Wildman–Crippen MR) is 70.9 cm³/mol. The Balaban J connectivity index is 2.12. The van der Waals surface area contributed by atoms with E-state index in [9.17, 15) is 10.1 Å². The third-order valence-corrected chi connectivity index (χ3v) is 2.61. The Morgan fingerprint density at radius 1 is 1.65 bits per heavy atom. The number of nitrogens with one attached hydrogen (secondary N) is 1. The smallest absolute Gasteiger partial charge is 0.289 e. The predicted octanol–water partition coefficient (Wildman–Crippen LogP) is 1.56. The van der Waals surface area contributed by atoms with E-state index in [2.05, 4.69) is 15.4 Å². The van der Waals surface area contributed by atoms with Gasteiger partial charge in [-0.2, -0.15) is 10.4 Å². The van der Waals surface area contributed by atoms with Gasteiger partial charge >= 0.3 is 0 Å². The third kappa shape index (κ3) is 3.08. The summed E-state index contributed by atoms with van der Waals surface area (Å²) < 4.78 is 1.75. The summed E-state index contributed by atoms with van der Waals surface area (Å²) in [4.78, 5) is 14.0. The third-order valence-electron chi connectivity index (χ3n) is 2.61. The molecule has 0 saturated heterocycles. The van der Waals surface area contributed by atoms with E-state index in [0.717, 1.165) is 6.20 Å². The number of hydrogen-bond donors (Lipinski definition) is 1. The van der Waals surface area contributed by atoms with Gasteiger partial charge in [0.15, 0.2) is 0 Å². The summed E-state index contributed by atoms with van der Waals surface area (Å²) in [6, 6.07) is 4.89. The molecule has 8 nitrogen and oxygen atoms in total. The molecule has 0 bridgehead atoms. The highest BCUT2D eigenvalue weighted by Gasteiger charge is 2.14. The van der Waals surface area contributed by atoms with Crippen molar-refractivity contribution in [2.24, 2.45) is 0 Å². The Morgan fingerprint density at radius 2 is 2.45 bits per heavy atom. The molecule has 0 aromatic carbocycles. The topological polar surface area (TPSA) is 110 Å². The van der Waals surface area contributed by atoms with Crippen molar-refractivity contribution in [3.8, 4) is 6.07 Å². The molecule has 0 saturated carbocycles. The molecule has 1 N–H and O–H groups in total. The molecular weight excluding hydrogens is 260 g/mol. The summed E-state index contributed by atoms with van der Waals surface area (Å²) in [6.07, 6.45) is 4.63. The van der Waals surface area contributed by atoms with Crippen LogP contribution in [0.3, 0.4) is 0 Å². The average Bonchev–Trinajstić information content (AvgIpc) is 2.91. The SMILES string of the molecule is CC(Cn1cccn1)Nc1ncc([N+](=O)[O-])cc1C#N. The molecule has 0 radical (unpaired) electrons. The molecule has 1 unspecified atom stereocenters. The van der Waals surface area contributed by atoms with Crippen LogP contribution in [0.4, 0.5) is 11.5 Å².